The quantitative estimate of drug-likeness (QED) is 0.800. The van der Waals surface area contributed by atoms with E-state index >= 15 is 0 Å². The van der Waals surface area contributed by atoms with E-state index in [1.807, 2.05) is 12.1 Å². The fourth-order valence-electron chi connectivity index (χ4n) is 0.949. The van der Waals surface area contributed by atoms with Gasteiger partial charge in [0.05, 0.1) is 24.1 Å². The Hall–Kier alpha value is -0.840. The highest BCUT2D eigenvalue weighted by Crippen LogP contribution is 2.29. The molecule has 64 valence electrons. The SMILES string of the molecule is N#CCc1c(C#N)ccc(Br)c1Br. The molecule has 13 heavy (non-hydrogen) atoms. The molecule has 0 saturated heterocycles. The zero-order valence-electron chi connectivity index (χ0n) is 6.51. The maximum absolute atomic E-state index is 8.76. The van der Waals surface area contributed by atoms with Crippen molar-refractivity contribution >= 4 is 31.9 Å². The Morgan fingerprint density at radius 1 is 1.23 bits per heavy atom. The van der Waals surface area contributed by atoms with Gasteiger partial charge in [-0.15, -0.1) is 0 Å². The van der Waals surface area contributed by atoms with Gasteiger partial charge in [-0.25, -0.2) is 0 Å². The number of nitrogens with zero attached hydrogens (tertiary/aromatic N) is 2. The highest BCUT2D eigenvalue weighted by molar-refractivity contribution is 9.13. The smallest absolute Gasteiger partial charge is 0.0995 e. The van der Waals surface area contributed by atoms with Gasteiger partial charge in [0, 0.05) is 8.95 Å². The largest absolute Gasteiger partial charge is 0.198 e. The zero-order valence-corrected chi connectivity index (χ0v) is 9.68. The van der Waals surface area contributed by atoms with E-state index in [0.717, 1.165) is 14.5 Å². The van der Waals surface area contributed by atoms with Crippen LogP contribution < -0.4 is 0 Å². The lowest BCUT2D eigenvalue weighted by Crippen LogP contribution is -1.90. The Kier molecular flexibility index (Phi) is 3.48. The monoisotopic (exact) mass is 298 g/mol. The summed E-state index contributed by atoms with van der Waals surface area (Å²) in [7, 11) is 0. The van der Waals surface area contributed by atoms with Crippen LogP contribution in [0.1, 0.15) is 11.1 Å². The minimum Gasteiger partial charge on any atom is -0.198 e. The Balaban J connectivity index is 3.36. The molecule has 0 spiro atoms. The van der Waals surface area contributed by atoms with Crippen LogP contribution in [0.2, 0.25) is 0 Å². The number of hydrogen-bond acceptors (Lipinski definition) is 2. The third kappa shape index (κ3) is 2.09. The van der Waals surface area contributed by atoms with Crippen molar-refractivity contribution in [1.82, 2.24) is 0 Å². The molecule has 0 amide bonds. The molecule has 0 aliphatic carbocycles. The number of halogens is 2. The second kappa shape index (κ2) is 4.41. The molecule has 1 aromatic rings. The van der Waals surface area contributed by atoms with Crippen LogP contribution in [0.4, 0.5) is 0 Å². The van der Waals surface area contributed by atoms with Crippen molar-refractivity contribution in [3.63, 3.8) is 0 Å². The van der Waals surface area contributed by atoms with Crippen LogP contribution in [-0.2, 0) is 6.42 Å². The van der Waals surface area contributed by atoms with Gasteiger partial charge < -0.3 is 0 Å². The van der Waals surface area contributed by atoms with Crippen LogP contribution in [0.15, 0.2) is 21.1 Å². The molecule has 0 atom stereocenters. The average molecular weight is 300 g/mol. The first-order valence-electron chi connectivity index (χ1n) is 3.44. The van der Waals surface area contributed by atoms with E-state index < -0.39 is 0 Å². The Morgan fingerprint density at radius 3 is 2.46 bits per heavy atom. The third-order valence-corrected chi connectivity index (χ3v) is 3.67. The summed E-state index contributed by atoms with van der Waals surface area (Å²) in [5, 5.41) is 17.3. The lowest BCUT2D eigenvalue weighted by Gasteiger charge is -2.03. The van der Waals surface area contributed by atoms with Gasteiger partial charge >= 0.3 is 0 Å². The molecule has 0 aliphatic rings. The lowest BCUT2D eigenvalue weighted by molar-refractivity contribution is 1.22. The first-order chi connectivity index (χ1) is 6.20. The summed E-state index contributed by atoms with van der Waals surface area (Å²) in [5.41, 5.74) is 1.27. The summed E-state index contributed by atoms with van der Waals surface area (Å²) in [5.74, 6) is 0. The van der Waals surface area contributed by atoms with Crippen molar-refractivity contribution in [3.05, 3.63) is 32.2 Å². The van der Waals surface area contributed by atoms with Gasteiger partial charge in [-0.1, -0.05) is 0 Å². The molecule has 0 bridgehead atoms. The maximum atomic E-state index is 8.76. The summed E-state index contributed by atoms with van der Waals surface area (Å²) >= 11 is 6.64. The van der Waals surface area contributed by atoms with Gasteiger partial charge in [-0.3, -0.25) is 0 Å². The fraction of sp³-hybridized carbons (Fsp3) is 0.111. The van der Waals surface area contributed by atoms with Crippen LogP contribution in [0.3, 0.4) is 0 Å². The topological polar surface area (TPSA) is 47.6 Å². The number of rotatable bonds is 1. The zero-order chi connectivity index (χ0) is 9.84. The molecule has 0 aliphatic heterocycles. The minimum absolute atomic E-state index is 0.239. The molecule has 0 unspecified atom stereocenters. The highest BCUT2D eigenvalue weighted by Gasteiger charge is 2.08. The summed E-state index contributed by atoms with van der Waals surface area (Å²) in [6.07, 6.45) is 0.239. The van der Waals surface area contributed by atoms with E-state index in [0.29, 0.717) is 5.56 Å². The normalized spacial score (nSPS) is 8.92. The van der Waals surface area contributed by atoms with Crippen molar-refractivity contribution in [1.29, 1.82) is 10.5 Å². The first-order valence-corrected chi connectivity index (χ1v) is 5.03. The van der Waals surface area contributed by atoms with Crippen LogP contribution in [0.5, 0.6) is 0 Å². The molecule has 0 heterocycles. The maximum Gasteiger partial charge on any atom is 0.0995 e. The van der Waals surface area contributed by atoms with Gasteiger partial charge in [-0.05, 0) is 49.6 Å². The molecule has 0 aromatic heterocycles. The summed E-state index contributed by atoms with van der Waals surface area (Å²) in [6.45, 7) is 0. The van der Waals surface area contributed by atoms with Crippen LogP contribution in [0.25, 0.3) is 0 Å². The fourth-order valence-corrected chi connectivity index (χ4v) is 1.81. The van der Waals surface area contributed by atoms with Gasteiger partial charge in [0.2, 0.25) is 0 Å². The van der Waals surface area contributed by atoms with E-state index in [1.54, 1.807) is 12.1 Å². The number of benzene rings is 1. The van der Waals surface area contributed by atoms with E-state index in [9.17, 15) is 0 Å². The Labute approximate surface area is 93.0 Å². The van der Waals surface area contributed by atoms with E-state index in [1.165, 1.54) is 0 Å². The molecule has 1 rings (SSSR count). The van der Waals surface area contributed by atoms with Crippen molar-refractivity contribution < 1.29 is 0 Å². The predicted molar refractivity (Wildman–Crippen MR) is 55.9 cm³/mol. The van der Waals surface area contributed by atoms with Crippen LogP contribution in [0, 0.1) is 22.7 Å². The second-order valence-corrected chi connectivity index (χ2v) is 3.98. The Morgan fingerprint density at radius 2 is 1.92 bits per heavy atom. The van der Waals surface area contributed by atoms with Gasteiger partial charge in [0.15, 0.2) is 0 Å². The lowest BCUT2D eigenvalue weighted by atomic mass is 10.1. The molecule has 0 fully saturated rings. The summed E-state index contributed by atoms with van der Waals surface area (Å²) < 4.78 is 1.64. The number of hydrogen-bond donors (Lipinski definition) is 0. The highest BCUT2D eigenvalue weighted by atomic mass is 79.9. The molecule has 0 saturated carbocycles. The molecule has 4 heteroatoms. The molecule has 0 radical (unpaired) electrons. The number of nitriles is 2. The second-order valence-electron chi connectivity index (χ2n) is 2.33. The third-order valence-electron chi connectivity index (χ3n) is 1.57. The molecule has 2 nitrogen and oxygen atoms in total. The van der Waals surface area contributed by atoms with E-state index in [-0.39, 0.29) is 6.42 Å². The van der Waals surface area contributed by atoms with E-state index in [2.05, 4.69) is 31.9 Å². The average Bonchev–Trinajstić information content (AvgIpc) is 2.14. The van der Waals surface area contributed by atoms with Crippen molar-refractivity contribution in [3.8, 4) is 12.1 Å². The van der Waals surface area contributed by atoms with E-state index in [4.69, 9.17) is 10.5 Å². The minimum atomic E-state index is 0.239. The molecular weight excluding hydrogens is 296 g/mol. The summed E-state index contributed by atoms with van der Waals surface area (Å²) in [6, 6.07) is 7.55. The first kappa shape index (κ1) is 10.2. The van der Waals surface area contributed by atoms with Gasteiger partial charge in [-0.2, -0.15) is 10.5 Å². The standard InChI is InChI=1S/C9H4Br2N2/c10-8-2-1-6(5-13)7(3-4-12)9(8)11/h1-2H,3H2. The van der Waals surface area contributed by atoms with Gasteiger partial charge in [0.25, 0.3) is 0 Å². The molecule has 1 aromatic carbocycles. The van der Waals surface area contributed by atoms with Crippen molar-refractivity contribution in [2.24, 2.45) is 0 Å². The molecular formula is C9H4Br2N2. The van der Waals surface area contributed by atoms with Crippen LogP contribution >= 0.6 is 31.9 Å². The van der Waals surface area contributed by atoms with Crippen molar-refractivity contribution in [2.45, 2.75) is 6.42 Å². The van der Waals surface area contributed by atoms with Crippen LogP contribution in [-0.4, -0.2) is 0 Å². The summed E-state index contributed by atoms with van der Waals surface area (Å²) in [4.78, 5) is 0. The van der Waals surface area contributed by atoms with Gasteiger partial charge in [0.1, 0.15) is 0 Å². The van der Waals surface area contributed by atoms with Crippen molar-refractivity contribution in [2.75, 3.05) is 0 Å². The molecule has 0 N–H and O–H groups in total. The Bertz CT molecular complexity index is 413. The predicted octanol–water partition coefficient (Wildman–Crippen LogP) is 3.15.